The molecule has 24 heavy (non-hydrogen) atoms. The predicted octanol–water partition coefficient (Wildman–Crippen LogP) is 4.22. The van der Waals surface area contributed by atoms with Crippen LogP contribution in [0.4, 0.5) is 0 Å². The molecular weight excluding hydrogens is 298 g/mol. The molecule has 0 aliphatic carbocycles. The second kappa shape index (κ2) is 6.65. The predicted molar refractivity (Wildman–Crippen MR) is 97.2 cm³/mol. The third-order valence-electron chi connectivity index (χ3n) is 4.79. The number of fused-ring (bicyclic) bond motifs is 1. The number of nitrogens with one attached hydrogen (secondary N) is 1. The monoisotopic (exact) mass is 321 g/mol. The summed E-state index contributed by atoms with van der Waals surface area (Å²) in [6.07, 6.45) is 3.95. The number of H-pyrrole nitrogens is 1. The summed E-state index contributed by atoms with van der Waals surface area (Å²) in [6, 6.07) is 14.5. The Bertz CT molecular complexity index is 801. The zero-order valence-electron chi connectivity index (χ0n) is 14.1. The first-order valence-electron chi connectivity index (χ1n) is 8.68. The lowest BCUT2D eigenvalue weighted by molar-refractivity contribution is 0.218. The molecule has 1 N–H and O–H groups in total. The molecule has 0 saturated carbocycles. The van der Waals surface area contributed by atoms with Crippen molar-refractivity contribution in [3.05, 3.63) is 48.0 Å². The molecule has 1 fully saturated rings. The van der Waals surface area contributed by atoms with Crippen LogP contribution in [0.2, 0.25) is 0 Å². The summed E-state index contributed by atoms with van der Waals surface area (Å²) in [5, 5.41) is 0. The van der Waals surface area contributed by atoms with Crippen LogP contribution in [0.1, 0.15) is 24.8 Å². The number of rotatable bonds is 4. The van der Waals surface area contributed by atoms with Gasteiger partial charge in [-0.1, -0.05) is 18.6 Å². The molecule has 124 valence electrons. The number of nitrogens with zero attached hydrogens (tertiary/aromatic N) is 2. The highest BCUT2D eigenvalue weighted by molar-refractivity contribution is 5.79. The highest BCUT2D eigenvalue weighted by atomic mass is 16.5. The fourth-order valence-corrected chi connectivity index (χ4v) is 3.50. The summed E-state index contributed by atoms with van der Waals surface area (Å²) in [7, 11) is 1.75. The molecule has 1 aromatic heterocycles. The summed E-state index contributed by atoms with van der Waals surface area (Å²) in [6.45, 7) is 3.30. The van der Waals surface area contributed by atoms with E-state index in [1.54, 1.807) is 7.11 Å². The lowest BCUT2D eigenvalue weighted by Gasteiger charge is -2.27. The van der Waals surface area contributed by atoms with Crippen LogP contribution in [0.25, 0.3) is 22.4 Å². The van der Waals surface area contributed by atoms with Crippen molar-refractivity contribution in [2.75, 3.05) is 20.2 Å². The van der Waals surface area contributed by atoms with Gasteiger partial charge in [0.2, 0.25) is 0 Å². The summed E-state index contributed by atoms with van der Waals surface area (Å²) in [5.74, 6) is 1.87. The normalized spacial score (nSPS) is 15.7. The Morgan fingerprint density at radius 1 is 1.08 bits per heavy atom. The van der Waals surface area contributed by atoms with Crippen LogP contribution in [0.3, 0.4) is 0 Å². The van der Waals surface area contributed by atoms with Crippen molar-refractivity contribution in [3.63, 3.8) is 0 Å². The van der Waals surface area contributed by atoms with Gasteiger partial charge >= 0.3 is 0 Å². The molecule has 0 atom stereocenters. The molecule has 1 aliphatic heterocycles. The lowest BCUT2D eigenvalue weighted by Crippen LogP contribution is -2.29. The van der Waals surface area contributed by atoms with Crippen molar-refractivity contribution < 1.29 is 4.74 Å². The molecule has 4 nitrogen and oxygen atoms in total. The minimum atomic E-state index is 0.916. The van der Waals surface area contributed by atoms with Crippen molar-refractivity contribution in [3.8, 4) is 17.1 Å². The smallest absolute Gasteiger partial charge is 0.138 e. The van der Waals surface area contributed by atoms with Gasteiger partial charge in [0, 0.05) is 17.7 Å². The van der Waals surface area contributed by atoms with E-state index >= 15 is 0 Å². The van der Waals surface area contributed by atoms with E-state index in [0.29, 0.717) is 0 Å². The number of hydrogen-bond acceptors (Lipinski definition) is 3. The molecule has 0 spiro atoms. The van der Waals surface area contributed by atoms with Gasteiger partial charge in [-0.15, -0.1) is 0 Å². The summed E-state index contributed by atoms with van der Waals surface area (Å²) in [5.41, 5.74) is 4.41. The van der Waals surface area contributed by atoms with Gasteiger partial charge in [-0.25, -0.2) is 4.98 Å². The van der Waals surface area contributed by atoms with Crippen molar-refractivity contribution in [2.24, 2.45) is 0 Å². The number of benzene rings is 2. The number of likely N-dealkylation sites (tertiary alicyclic amines) is 1. The molecule has 2 heterocycles. The standard InChI is InChI=1S/C20H23N3O/c1-24-19-10-9-15(13-16(19)14-23-11-5-2-6-12-23)20-21-17-7-3-4-8-18(17)22-20/h3-4,7-10,13H,2,5-6,11-12,14H2,1H3,(H,21,22). The lowest BCUT2D eigenvalue weighted by atomic mass is 10.1. The van der Waals surface area contributed by atoms with Crippen LogP contribution in [0.5, 0.6) is 5.75 Å². The largest absolute Gasteiger partial charge is 0.496 e. The molecule has 0 radical (unpaired) electrons. The average molecular weight is 321 g/mol. The van der Waals surface area contributed by atoms with Crippen molar-refractivity contribution in [1.29, 1.82) is 0 Å². The summed E-state index contributed by atoms with van der Waals surface area (Å²) < 4.78 is 5.58. The molecule has 1 saturated heterocycles. The number of piperidine rings is 1. The number of aromatic amines is 1. The molecule has 2 aromatic carbocycles. The third kappa shape index (κ3) is 3.02. The van der Waals surface area contributed by atoms with Crippen LogP contribution in [-0.2, 0) is 6.54 Å². The van der Waals surface area contributed by atoms with Gasteiger partial charge in [0.25, 0.3) is 0 Å². The first-order valence-corrected chi connectivity index (χ1v) is 8.68. The van der Waals surface area contributed by atoms with Crippen molar-refractivity contribution in [2.45, 2.75) is 25.8 Å². The molecule has 1 aliphatic rings. The fourth-order valence-electron chi connectivity index (χ4n) is 3.50. The number of methoxy groups -OCH3 is 1. The Morgan fingerprint density at radius 3 is 2.71 bits per heavy atom. The quantitative estimate of drug-likeness (QED) is 0.782. The van der Waals surface area contributed by atoms with Gasteiger partial charge in [-0.2, -0.15) is 0 Å². The molecule has 0 bridgehead atoms. The first kappa shape index (κ1) is 15.2. The second-order valence-corrected chi connectivity index (χ2v) is 6.47. The van der Waals surface area contributed by atoms with Crippen LogP contribution in [-0.4, -0.2) is 35.1 Å². The van der Waals surface area contributed by atoms with E-state index in [-0.39, 0.29) is 0 Å². The van der Waals surface area contributed by atoms with Gasteiger partial charge in [0.15, 0.2) is 0 Å². The summed E-state index contributed by atoms with van der Waals surface area (Å²) in [4.78, 5) is 10.6. The van der Waals surface area contributed by atoms with Gasteiger partial charge < -0.3 is 9.72 Å². The van der Waals surface area contributed by atoms with E-state index in [1.807, 2.05) is 18.2 Å². The molecule has 3 aromatic rings. The van der Waals surface area contributed by atoms with E-state index < -0.39 is 0 Å². The Labute approximate surface area is 142 Å². The van der Waals surface area contributed by atoms with Gasteiger partial charge in [-0.3, -0.25) is 4.90 Å². The number of imidazole rings is 1. The van der Waals surface area contributed by atoms with E-state index in [9.17, 15) is 0 Å². The maximum atomic E-state index is 5.58. The van der Waals surface area contributed by atoms with E-state index in [0.717, 1.165) is 34.7 Å². The maximum Gasteiger partial charge on any atom is 0.138 e. The van der Waals surface area contributed by atoms with Crippen molar-refractivity contribution in [1.82, 2.24) is 14.9 Å². The van der Waals surface area contributed by atoms with Crippen LogP contribution in [0, 0.1) is 0 Å². The molecule has 4 rings (SSSR count). The fraction of sp³-hybridized carbons (Fsp3) is 0.350. The number of para-hydroxylation sites is 2. The topological polar surface area (TPSA) is 41.1 Å². The third-order valence-corrected chi connectivity index (χ3v) is 4.79. The Morgan fingerprint density at radius 2 is 1.92 bits per heavy atom. The van der Waals surface area contributed by atoms with Crippen LogP contribution < -0.4 is 4.74 Å². The zero-order chi connectivity index (χ0) is 16.4. The number of aromatic nitrogens is 2. The number of hydrogen-bond donors (Lipinski definition) is 1. The average Bonchev–Trinajstić information content (AvgIpc) is 3.07. The molecule has 0 amide bonds. The Hall–Kier alpha value is -2.33. The first-order chi connectivity index (χ1) is 11.8. The van der Waals surface area contributed by atoms with Gasteiger partial charge in [-0.05, 0) is 56.3 Å². The molecule has 0 unspecified atom stereocenters. The van der Waals surface area contributed by atoms with E-state index in [2.05, 4.69) is 34.1 Å². The van der Waals surface area contributed by atoms with Crippen molar-refractivity contribution >= 4 is 11.0 Å². The number of ether oxygens (including phenoxy) is 1. The zero-order valence-corrected chi connectivity index (χ0v) is 14.1. The van der Waals surface area contributed by atoms with Gasteiger partial charge in [0.05, 0.1) is 18.1 Å². The summed E-state index contributed by atoms with van der Waals surface area (Å²) >= 11 is 0. The Kier molecular flexibility index (Phi) is 4.22. The Balaban J connectivity index is 1.67. The minimum absolute atomic E-state index is 0.916. The maximum absolute atomic E-state index is 5.58. The van der Waals surface area contributed by atoms with Gasteiger partial charge in [0.1, 0.15) is 11.6 Å². The highest BCUT2D eigenvalue weighted by Gasteiger charge is 2.15. The van der Waals surface area contributed by atoms with E-state index in [4.69, 9.17) is 9.72 Å². The van der Waals surface area contributed by atoms with Crippen LogP contribution in [0.15, 0.2) is 42.5 Å². The van der Waals surface area contributed by atoms with Crippen LogP contribution >= 0.6 is 0 Å². The molecular formula is C20H23N3O. The van der Waals surface area contributed by atoms with E-state index in [1.165, 1.54) is 37.9 Å². The minimum Gasteiger partial charge on any atom is -0.496 e. The highest BCUT2D eigenvalue weighted by Crippen LogP contribution is 2.28. The SMILES string of the molecule is COc1ccc(-c2nc3ccccc3[nH]2)cc1CN1CCCCC1. The second-order valence-electron chi connectivity index (χ2n) is 6.47. The molecule has 4 heteroatoms.